The number of esters is 1. The average molecular weight is 271 g/mol. The number of hydrogen-bond acceptors (Lipinski definition) is 4. The number of halogens is 1. The molecule has 98 valence electrons. The fourth-order valence-electron chi connectivity index (χ4n) is 1.41. The molecule has 1 rings (SSSR count). The number of nitrogens with two attached hydrogens (primary N) is 1. The highest BCUT2D eigenvalue weighted by atomic mass is 35.5. The number of anilines is 1. The summed E-state index contributed by atoms with van der Waals surface area (Å²) in [5.41, 5.74) is 5.14. The van der Waals surface area contributed by atoms with E-state index in [1.165, 1.54) is 25.3 Å². The van der Waals surface area contributed by atoms with Crippen molar-refractivity contribution in [2.45, 2.75) is 19.4 Å². The largest absolute Gasteiger partial charge is 0.467 e. The third-order valence-corrected chi connectivity index (χ3v) is 2.52. The molecular weight excluding hydrogens is 256 g/mol. The minimum absolute atomic E-state index is 0.289. The van der Waals surface area contributed by atoms with Crippen molar-refractivity contribution in [3.63, 3.8) is 0 Å². The second-order valence-electron chi connectivity index (χ2n) is 4.34. The first-order chi connectivity index (χ1) is 8.26. The Hall–Kier alpha value is -1.75. The summed E-state index contributed by atoms with van der Waals surface area (Å²) in [5, 5.41) is 2.91. The van der Waals surface area contributed by atoms with Crippen LogP contribution in [0, 0.1) is 0 Å². The molecule has 18 heavy (non-hydrogen) atoms. The Morgan fingerprint density at radius 1 is 1.33 bits per heavy atom. The van der Waals surface area contributed by atoms with E-state index in [1.807, 2.05) is 0 Å². The van der Waals surface area contributed by atoms with Crippen molar-refractivity contribution in [1.82, 2.24) is 5.32 Å². The van der Waals surface area contributed by atoms with Gasteiger partial charge < -0.3 is 15.8 Å². The van der Waals surface area contributed by atoms with Crippen LogP contribution in [0.2, 0.25) is 5.02 Å². The Bertz CT molecular complexity index is 466. The van der Waals surface area contributed by atoms with Crippen molar-refractivity contribution < 1.29 is 14.3 Å². The van der Waals surface area contributed by atoms with Crippen molar-refractivity contribution in [2.75, 3.05) is 12.8 Å². The summed E-state index contributed by atoms with van der Waals surface area (Å²) in [6, 6.07) is 4.49. The van der Waals surface area contributed by atoms with Gasteiger partial charge in [0.05, 0.1) is 7.11 Å². The molecule has 0 fully saturated rings. The molecule has 0 aromatic heterocycles. The molecule has 3 N–H and O–H groups in total. The number of carbonyl (C=O) groups excluding carboxylic acids is 2. The molecule has 0 aliphatic rings. The summed E-state index contributed by atoms with van der Waals surface area (Å²) in [7, 11) is 1.26. The van der Waals surface area contributed by atoms with Gasteiger partial charge in [-0.05, 0) is 32.0 Å². The van der Waals surface area contributed by atoms with E-state index in [0.29, 0.717) is 10.7 Å². The number of carbonyl (C=O) groups is 2. The molecule has 0 radical (unpaired) electrons. The molecule has 0 atom stereocenters. The molecule has 1 amide bonds. The van der Waals surface area contributed by atoms with Crippen LogP contribution in [-0.4, -0.2) is 24.5 Å². The van der Waals surface area contributed by atoms with E-state index in [2.05, 4.69) is 10.1 Å². The highest BCUT2D eigenvalue weighted by molar-refractivity contribution is 6.31. The van der Waals surface area contributed by atoms with Gasteiger partial charge in [0.15, 0.2) is 0 Å². The maximum absolute atomic E-state index is 12.0. The van der Waals surface area contributed by atoms with Gasteiger partial charge in [0.25, 0.3) is 5.91 Å². The molecule has 6 heteroatoms. The van der Waals surface area contributed by atoms with Gasteiger partial charge in [-0.25, -0.2) is 4.79 Å². The number of benzene rings is 1. The highest BCUT2D eigenvalue weighted by Gasteiger charge is 2.30. The summed E-state index contributed by atoms with van der Waals surface area (Å²) in [6.45, 7) is 3.09. The predicted octanol–water partition coefficient (Wildman–Crippen LogP) is 1.60. The molecular formula is C12H15ClN2O3. The standard InChI is InChI=1S/C12H15ClN2O3/c1-12(2,11(17)18-3)15-10(16)7-4-8(13)6-9(14)5-7/h4-6H,14H2,1-3H3,(H,15,16). The maximum Gasteiger partial charge on any atom is 0.330 e. The van der Waals surface area contributed by atoms with E-state index in [9.17, 15) is 9.59 Å². The summed E-state index contributed by atoms with van der Waals surface area (Å²) >= 11 is 5.80. The normalized spacial score (nSPS) is 10.9. The molecule has 5 nitrogen and oxygen atoms in total. The zero-order valence-corrected chi connectivity index (χ0v) is 11.2. The van der Waals surface area contributed by atoms with Crippen molar-refractivity contribution >= 4 is 29.2 Å². The van der Waals surface area contributed by atoms with Crippen molar-refractivity contribution in [3.05, 3.63) is 28.8 Å². The average Bonchev–Trinajstić information content (AvgIpc) is 2.25. The summed E-state index contributed by atoms with van der Waals surface area (Å²) in [4.78, 5) is 23.4. The third-order valence-electron chi connectivity index (χ3n) is 2.30. The highest BCUT2D eigenvalue weighted by Crippen LogP contribution is 2.17. The molecule has 0 saturated carbocycles. The lowest BCUT2D eigenvalue weighted by atomic mass is 10.0. The second kappa shape index (κ2) is 5.27. The van der Waals surface area contributed by atoms with Crippen molar-refractivity contribution in [1.29, 1.82) is 0 Å². The van der Waals surface area contributed by atoms with Crippen LogP contribution >= 0.6 is 11.6 Å². The number of nitrogen functional groups attached to an aromatic ring is 1. The first kappa shape index (κ1) is 14.3. The first-order valence-electron chi connectivity index (χ1n) is 5.23. The number of hydrogen-bond donors (Lipinski definition) is 2. The smallest absolute Gasteiger partial charge is 0.330 e. The Kier molecular flexibility index (Phi) is 4.19. The Morgan fingerprint density at radius 2 is 1.94 bits per heavy atom. The van der Waals surface area contributed by atoms with Crippen LogP contribution < -0.4 is 11.1 Å². The van der Waals surface area contributed by atoms with Crippen LogP contribution in [0.3, 0.4) is 0 Å². The van der Waals surface area contributed by atoms with Gasteiger partial charge in [-0.3, -0.25) is 4.79 Å². The number of amides is 1. The van der Waals surface area contributed by atoms with Crippen molar-refractivity contribution in [3.8, 4) is 0 Å². The minimum Gasteiger partial charge on any atom is -0.467 e. The van der Waals surface area contributed by atoms with E-state index in [4.69, 9.17) is 17.3 Å². The molecule has 0 saturated heterocycles. The molecule has 0 spiro atoms. The molecule has 0 aliphatic heterocycles. The topological polar surface area (TPSA) is 81.4 Å². The van der Waals surface area contributed by atoms with Crippen LogP contribution in [0.5, 0.6) is 0 Å². The molecule has 0 aliphatic carbocycles. The SMILES string of the molecule is COC(=O)C(C)(C)NC(=O)c1cc(N)cc(Cl)c1. The lowest BCUT2D eigenvalue weighted by molar-refractivity contribution is -0.146. The molecule has 0 unspecified atom stereocenters. The number of ether oxygens (including phenoxy) is 1. The van der Waals surface area contributed by atoms with Crippen LogP contribution in [0.1, 0.15) is 24.2 Å². The number of methoxy groups -OCH3 is 1. The van der Waals surface area contributed by atoms with Crippen molar-refractivity contribution in [2.24, 2.45) is 0 Å². The van der Waals surface area contributed by atoms with E-state index in [-0.39, 0.29) is 5.56 Å². The van der Waals surface area contributed by atoms with Gasteiger partial charge in [-0.1, -0.05) is 11.6 Å². The van der Waals surface area contributed by atoms with E-state index < -0.39 is 17.4 Å². The lowest BCUT2D eigenvalue weighted by Gasteiger charge is -2.23. The molecule has 1 aromatic rings. The molecule has 0 bridgehead atoms. The predicted molar refractivity (Wildman–Crippen MR) is 69.4 cm³/mol. The van der Waals surface area contributed by atoms with Gasteiger partial charge in [-0.2, -0.15) is 0 Å². The zero-order valence-electron chi connectivity index (χ0n) is 10.4. The van der Waals surface area contributed by atoms with Crippen LogP contribution in [-0.2, 0) is 9.53 Å². The number of rotatable bonds is 3. The summed E-state index contributed by atoms with van der Waals surface area (Å²) in [5.74, 6) is -0.981. The second-order valence-corrected chi connectivity index (χ2v) is 4.78. The monoisotopic (exact) mass is 270 g/mol. The molecule has 0 heterocycles. The van der Waals surface area contributed by atoms with E-state index in [1.54, 1.807) is 13.8 Å². The number of nitrogens with one attached hydrogen (secondary N) is 1. The Labute approximate surface area is 110 Å². The molecule has 1 aromatic carbocycles. The third kappa shape index (κ3) is 3.37. The fraction of sp³-hybridized carbons (Fsp3) is 0.333. The van der Waals surface area contributed by atoms with Gasteiger partial charge >= 0.3 is 5.97 Å². The summed E-state index contributed by atoms with van der Waals surface area (Å²) in [6.07, 6.45) is 0. The van der Waals surface area contributed by atoms with Crippen LogP contribution in [0.15, 0.2) is 18.2 Å². The summed E-state index contributed by atoms with van der Waals surface area (Å²) < 4.78 is 4.59. The van der Waals surface area contributed by atoms with E-state index >= 15 is 0 Å². The zero-order chi connectivity index (χ0) is 13.9. The minimum atomic E-state index is -1.12. The van der Waals surface area contributed by atoms with Gasteiger partial charge in [0, 0.05) is 16.3 Å². The van der Waals surface area contributed by atoms with Crippen LogP contribution in [0.4, 0.5) is 5.69 Å². The Balaban J connectivity index is 2.92. The van der Waals surface area contributed by atoms with Gasteiger partial charge in [-0.15, -0.1) is 0 Å². The Morgan fingerprint density at radius 3 is 2.44 bits per heavy atom. The quantitative estimate of drug-likeness (QED) is 0.646. The van der Waals surface area contributed by atoms with Crippen LogP contribution in [0.25, 0.3) is 0 Å². The fourth-order valence-corrected chi connectivity index (χ4v) is 1.65. The first-order valence-corrected chi connectivity index (χ1v) is 5.61. The van der Waals surface area contributed by atoms with E-state index in [0.717, 1.165) is 0 Å². The van der Waals surface area contributed by atoms with Gasteiger partial charge in [0.2, 0.25) is 0 Å². The van der Waals surface area contributed by atoms with Gasteiger partial charge in [0.1, 0.15) is 5.54 Å². The lowest BCUT2D eigenvalue weighted by Crippen LogP contribution is -2.50. The maximum atomic E-state index is 12.0.